The molecular weight excluding hydrogens is 322 g/mol. The van der Waals surface area contributed by atoms with Gasteiger partial charge in [-0.15, -0.1) is 0 Å². The SMILES string of the molecule is COc1cccc(C(=O)NCC2CCCC2CBr)c1O. The first-order chi connectivity index (χ1) is 9.67. The van der Waals surface area contributed by atoms with Gasteiger partial charge in [-0.1, -0.05) is 28.4 Å². The highest BCUT2D eigenvalue weighted by molar-refractivity contribution is 9.09. The van der Waals surface area contributed by atoms with Gasteiger partial charge in [-0.05, 0) is 36.8 Å². The summed E-state index contributed by atoms with van der Waals surface area (Å²) in [6.45, 7) is 0.658. The third kappa shape index (κ3) is 3.26. The Labute approximate surface area is 127 Å². The van der Waals surface area contributed by atoms with E-state index < -0.39 is 0 Å². The Morgan fingerprint density at radius 3 is 2.90 bits per heavy atom. The van der Waals surface area contributed by atoms with E-state index in [1.54, 1.807) is 18.2 Å². The molecule has 2 N–H and O–H groups in total. The number of halogens is 1. The first-order valence-electron chi connectivity index (χ1n) is 6.87. The first-order valence-corrected chi connectivity index (χ1v) is 7.99. The zero-order valence-electron chi connectivity index (χ0n) is 11.6. The molecule has 1 amide bonds. The summed E-state index contributed by atoms with van der Waals surface area (Å²) in [7, 11) is 1.47. The summed E-state index contributed by atoms with van der Waals surface area (Å²) in [4.78, 5) is 12.1. The molecule has 1 aromatic carbocycles. The highest BCUT2D eigenvalue weighted by Gasteiger charge is 2.27. The van der Waals surface area contributed by atoms with Crippen molar-refractivity contribution < 1.29 is 14.6 Å². The molecule has 1 aliphatic rings. The second kappa shape index (κ2) is 6.97. The van der Waals surface area contributed by atoms with E-state index in [-0.39, 0.29) is 17.2 Å². The van der Waals surface area contributed by atoms with Gasteiger partial charge in [-0.3, -0.25) is 4.79 Å². The Morgan fingerprint density at radius 1 is 1.45 bits per heavy atom. The van der Waals surface area contributed by atoms with E-state index in [0.29, 0.717) is 24.1 Å². The highest BCUT2D eigenvalue weighted by Crippen LogP contribution is 2.33. The number of ether oxygens (including phenoxy) is 1. The minimum Gasteiger partial charge on any atom is -0.504 e. The summed E-state index contributed by atoms with van der Waals surface area (Å²) in [5.74, 6) is 1.12. The number of alkyl halides is 1. The van der Waals surface area contributed by atoms with E-state index in [1.807, 2.05) is 0 Å². The fourth-order valence-electron chi connectivity index (χ4n) is 2.77. The molecule has 2 atom stereocenters. The summed E-state index contributed by atoms with van der Waals surface area (Å²) < 4.78 is 5.01. The van der Waals surface area contributed by atoms with Crippen molar-refractivity contribution in [2.75, 3.05) is 19.0 Å². The third-order valence-corrected chi connectivity index (χ3v) is 4.83. The summed E-state index contributed by atoms with van der Waals surface area (Å²) in [5.41, 5.74) is 0.262. The molecule has 0 aliphatic heterocycles. The van der Waals surface area contributed by atoms with Crippen molar-refractivity contribution >= 4 is 21.8 Å². The predicted octanol–water partition coefficient (Wildman–Crippen LogP) is 2.94. The Kier molecular flexibility index (Phi) is 5.29. The number of carbonyl (C=O) groups is 1. The molecule has 4 nitrogen and oxygen atoms in total. The lowest BCUT2D eigenvalue weighted by molar-refractivity contribution is 0.0941. The molecule has 2 rings (SSSR count). The van der Waals surface area contributed by atoms with Gasteiger partial charge in [-0.25, -0.2) is 0 Å². The lowest BCUT2D eigenvalue weighted by atomic mass is 9.98. The van der Waals surface area contributed by atoms with Crippen molar-refractivity contribution in [1.29, 1.82) is 0 Å². The maximum absolute atomic E-state index is 12.1. The first kappa shape index (κ1) is 15.2. The molecule has 0 spiro atoms. The monoisotopic (exact) mass is 341 g/mol. The summed E-state index contributed by atoms with van der Waals surface area (Å²) in [6.07, 6.45) is 3.60. The van der Waals surface area contributed by atoms with Gasteiger partial charge in [0.05, 0.1) is 12.7 Å². The smallest absolute Gasteiger partial charge is 0.255 e. The number of rotatable bonds is 5. The molecule has 110 valence electrons. The molecule has 1 saturated carbocycles. The van der Waals surface area contributed by atoms with E-state index >= 15 is 0 Å². The molecule has 0 heterocycles. The Bertz CT molecular complexity index is 478. The van der Waals surface area contributed by atoms with Crippen LogP contribution >= 0.6 is 15.9 Å². The van der Waals surface area contributed by atoms with Crippen LogP contribution in [0.15, 0.2) is 18.2 Å². The Balaban J connectivity index is 1.98. The van der Waals surface area contributed by atoms with Crippen LogP contribution in [0.1, 0.15) is 29.6 Å². The molecule has 1 aromatic rings. The number of carbonyl (C=O) groups excluding carboxylic acids is 1. The van der Waals surface area contributed by atoms with E-state index in [0.717, 1.165) is 11.8 Å². The molecule has 5 heteroatoms. The van der Waals surface area contributed by atoms with Crippen molar-refractivity contribution in [2.24, 2.45) is 11.8 Å². The number of phenols is 1. The van der Waals surface area contributed by atoms with Gasteiger partial charge in [0.25, 0.3) is 5.91 Å². The average molecular weight is 342 g/mol. The molecule has 20 heavy (non-hydrogen) atoms. The van der Waals surface area contributed by atoms with Crippen LogP contribution in [0, 0.1) is 11.8 Å². The fourth-order valence-corrected chi connectivity index (χ4v) is 3.63. The van der Waals surface area contributed by atoms with E-state index in [1.165, 1.54) is 20.0 Å². The molecule has 2 unspecified atom stereocenters. The summed E-state index contributed by atoms with van der Waals surface area (Å²) in [5, 5.41) is 13.9. The maximum atomic E-state index is 12.1. The zero-order chi connectivity index (χ0) is 14.5. The summed E-state index contributed by atoms with van der Waals surface area (Å²) in [6, 6.07) is 4.93. The number of hydrogen-bond acceptors (Lipinski definition) is 3. The summed E-state index contributed by atoms with van der Waals surface area (Å²) >= 11 is 3.53. The van der Waals surface area contributed by atoms with Gasteiger partial charge in [0, 0.05) is 11.9 Å². The van der Waals surface area contributed by atoms with Gasteiger partial charge in [-0.2, -0.15) is 0 Å². The quantitative estimate of drug-likeness (QED) is 0.809. The minimum absolute atomic E-state index is 0.101. The van der Waals surface area contributed by atoms with Crippen LogP contribution in [0.5, 0.6) is 11.5 Å². The molecular formula is C15H20BrNO3. The van der Waals surface area contributed by atoms with Crippen molar-refractivity contribution in [3.05, 3.63) is 23.8 Å². The number of hydrogen-bond donors (Lipinski definition) is 2. The number of aromatic hydroxyl groups is 1. The normalized spacial score (nSPS) is 21.7. The largest absolute Gasteiger partial charge is 0.504 e. The third-order valence-electron chi connectivity index (χ3n) is 4.00. The number of phenolic OH excluding ortho intramolecular Hbond substituents is 1. The molecule has 0 saturated heterocycles. The molecule has 1 fully saturated rings. The van der Waals surface area contributed by atoms with Crippen molar-refractivity contribution in [2.45, 2.75) is 19.3 Å². The standard InChI is InChI=1S/C15H20BrNO3/c1-20-13-7-3-6-12(14(13)18)15(19)17-9-11-5-2-4-10(11)8-16/h3,6-7,10-11,18H,2,4-5,8-9H2,1H3,(H,17,19). The lowest BCUT2D eigenvalue weighted by Gasteiger charge is -2.18. The second-order valence-electron chi connectivity index (χ2n) is 5.17. The second-order valence-corrected chi connectivity index (χ2v) is 5.82. The Morgan fingerprint density at radius 2 is 2.20 bits per heavy atom. The van der Waals surface area contributed by atoms with Crippen LogP contribution in [0.2, 0.25) is 0 Å². The lowest BCUT2D eigenvalue weighted by Crippen LogP contribution is -2.31. The average Bonchev–Trinajstić information content (AvgIpc) is 2.92. The number of methoxy groups -OCH3 is 1. The number of nitrogens with one attached hydrogen (secondary N) is 1. The van der Waals surface area contributed by atoms with E-state index in [2.05, 4.69) is 21.2 Å². The van der Waals surface area contributed by atoms with Crippen LogP contribution in [-0.2, 0) is 0 Å². The number of para-hydroxylation sites is 1. The van der Waals surface area contributed by atoms with Gasteiger partial charge >= 0.3 is 0 Å². The Hall–Kier alpha value is -1.23. The molecule has 0 aromatic heterocycles. The minimum atomic E-state index is -0.248. The van der Waals surface area contributed by atoms with E-state index in [9.17, 15) is 9.90 Å². The van der Waals surface area contributed by atoms with Crippen LogP contribution < -0.4 is 10.1 Å². The van der Waals surface area contributed by atoms with Gasteiger partial charge in [0.15, 0.2) is 11.5 Å². The maximum Gasteiger partial charge on any atom is 0.255 e. The topological polar surface area (TPSA) is 58.6 Å². The van der Waals surface area contributed by atoms with E-state index in [4.69, 9.17) is 4.74 Å². The van der Waals surface area contributed by atoms with Crippen LogP contribution in [0.3, 0.4) is 0 Å². The predicted molar refractivity (Wildman–Crippen MR) is 81.6 cm³/mol. The zero-order valence-corrected chi connectivity index (χ0v) is 13.1. The highest BCUT2D eigenvalue weighted by atomic mass is 79.9. The van der Waals surface area contributed by atoms with Crippen LogP contribution in [-0.4, -0.2) is 30.0 Å². The van der Waals surface area contributed by atoms with Gasteiger partial charge in [0.1, 0.15) is 0 Å². The fraction of sp³-hybridized carbons (Fsp3) is 0.533. The van der Waals surface area contributed by atoms with Crippen LogP contribution in [0.25, 0.3) is 0 Å². The van der Waals surface area contributed by atoms with Crippen molar-refractivity contribution in [1.82, 2.24) is 5.32 Å². The van der Waals surface area contributed by atoms with Gasteiger partial charge in [0.2, 0.25) is 0 Å². The number of benzene rings is 1. The van der Waals surface area contributed by atoms with Gasteiger partial charge < -0.3 is 15.2 Å². The molecule has 0 bridgehead atoms. The van der Waals surface area contributed by atoms with Crippen LogP contribution in [0.4, 0.5) is 0 Å². The van der Waals surface area contributed by atoms with Crippen molar-refractivity contribution in [3.8, 4) is 11.5 Å². The molecule has 0 radical (unpaired) electrons. The van der Waals surface area contributed by atoms with Crippen molar-refractivity contribution in [3.63, 3.8) is 0 Å². The molecule has 1 aliphatic carbocycles. The number of amides is 1.